The Morgan fingerprint density at radius 3 is 2.06 bits per heavy atom. The van der Waals surface area contributed by atoms with E-state index in [0.29, 0.717) is 0 Å². The quantitative estimate of drug-likeness (QED) is 0.519. The average Bonchev–Trinajstić information content (AvgIpc) is 2.26. The molecule has 0 aliphatic rings. The molecule has 0 fully saturated rings. The zero-order valence-corrected chi connectivity index (χ0v) is 10.1. The fraction of sp³-hybridized carbons (Fsp3) is 0.300. The van der Waals surface area contributed by atoms with E-state index in [1.54, 1.807) is 0 Å². The number of phenols is 2. The molecule has 94 valence electrons. The minimum absolute atomic E-state index is 0.0354. The van der Waals surface area contributed by atoms with Gasteiger partial charge in [-0.15, -0.1) is 0 Å². The zero-order valence-electron chi connectivity index (χ0n) is 8.54. The van der Waals surface area contributed by atoms with Crippen molar-refractivity contribution in [3.63, 3.8) is 0 Å². The Balaban J connectivity index is 3.22. The maximum Gasteiger partial charge on any atom is 0.335 e. The summed E-state index contributed by atoms with van der Waals surface area (Å²) < 4.78 is 0. The fourth-order valence-corrected chi connectivity index (χ4v) is 1.68. The van der Waals surface area contributed by atoms with Crippen LogP contribution in [-0.4, -0.2) is 42.9 Å². The standard InChI is InChI=1S/C10H11BrO6/c11-3-7(14)9(15)8-5(12)1-4(10(16)17)2-6(8)13/h1-2,7,9,12-15H,3H2,(H,16,17). The number of halogens is 1. The Morgan fingerprint density at radius 1 is 1.24 bits per heavy atom. The molecule has 6 nitrogen and oxygen atoms in total. The molecule has 1 rings (SSSR count). The summed E-state index contributed by atoms with van der Waals surface area (Å²) in [7, 11) is 0. The largest absolute Gasteiger partial charge is 0.507 e. The van der Waals surface area contributed by atoms with Gasteiger partial charge in [-0.1, -0.05) is 15.9 Å². The van der Waals surface area contributed by atoms with Crippen molar-refractivity contribution in [2.75, 3.05) is 5.33 Å². The minimum Gasteiger partial charge on any atom is -0.507 e. The maximum atomic E-state index is 10.6. The second kappa shape index (κ2) is 5.35. The summed E-state index contributed by atoms with van der Waals surface area (Å²) in [6, 6.07) is 1.78. The Hall–Kier alpha value is -1.31. The number of aromatic hydroxyl groups is 2. The molecular weight excluding hydrogens is 296 g/mol. The van der Waals surface area contributed by atoms with Crippen molar-refractivity contribution in [1.29, 1.82) is 0 Å². The predicted molar refractivity (Wildman–Crippen MR) is 61.5 cm³/mol. The van der Waals surface area contributed by atoms with E-state index < -0.39 is 29.7 Å². The average molecular weight is 307 g/mol. The lowest BCUT2D eigenvalue weighted by Gasteiger charge is -2.18. The molecule has 1 aromatic carbocycles. The van der Waals surface area contributed by atoms with Gasteiger partial charge in [-0.05, 0) is 12.1 Å². The lowest BCUT2D eigenvalue weighted by Crippen LogP contribution is -2.19. The summed E-state index contributed by atoms with van der Waals surface area (Å²) in [4.78, 5) is 10.6. The number of hydrogen-bond donors (Lipinski definition) is 5. The molecule has 0 aromatic heterocycles. The van der Waals surface area contributed by atoms with E-state index in [1.165, 1.54) is 0 Å². The van der Waals surface area contributed by atoms with Gasteiger partial charge >= 0.3 is 5.97 Å². The Bertz CT molecular complexity index is 410. The summed E-state index contributed by atoms with van der Waals surface area (Å²) in [5, 5.41) is 46.8. The first-order valence-electron chi connectivity index (χ1n) is 4.59. The number of aromatic carboxylic acids is 1. The highest BCUT2D eigenvalue weighted by molar-refractivity contribution is 9.09. The summed E-state index contributed by atoms with van der Waals surface area (Å²) >= 11 is 2.93. The van der Waals surface area contributed by atoms with E-state index in [9.17, 15) is 25.2 Å². The normalized spacial score (nSPS) is 14.3. The van der Waals surface area contributed by atoms with Gasteiger partial charge in [0.1, 0.15) is 17.6 Å². The summed E-state index contributed by atoms with van der Waals surface area (Å²) in [6.07, 6.45) is -2.75. The monoisotopic (exact) mass is 306 g/mol. The first-order valence-corrected chi connectivity index (χ1v) is 5.72. The number of carboxylic acid groups (broad SMARTS) is 1. The first kappa shape index (κ1) is 13.8. The van der Waals surface area contributed by atoms with E-state index in [1.807, 2.05) is 0 Å². The number of rotatable bonds is 4. The summed E-state index contributed by atoms with van der Waals surface area (Å²) in [6.45, 7) is 0. The molecular formula is C10H11BrO6. The third-order valence-corrected chi connectivity index (χ3v) is 2.87. The molecule has 0 saturated heterocycles. The van der Waals surface area contributed by atoms with Gasteiger partial charge in [-0.25, -0.2) is 4.79 Å². The number of alkyl halides is 1. The summed E-state index contributed by atoms with van der Waals surface area (Å²) in [5.74, 6) is -2.50. The van der Waals surface area contributed by atoms with Gasteiger partial charge < -0.3 is 25.5 Å². The maximum absolute atomic E-state index is 10.6. The number of aliphatic hydroxyl groups excluding tert-OH is 2. The van der Waals surface area contributed by atoms with Crippen molar-refractivity contribution in [2.24, 2.45) is 0 Å². The molecule has 0 bridgehead atoms. The predicted octanol–water partition coefficient (Wildman–Crippen LogP) is 0.585. The minimum atomic E-state index is -1.52. The van der Waals surface area contributed by atoms with Crippen LogP contribution in [0, 0.1) is 0 Å². The highest BCUT2D eigenvalue weighted by Crippen LogP contribution is 2.36. The van der Waals surface area contributed by atoms with Crippen LogP contribution in [0.1, 0.15) is 22.0 Å². The lowest BCUT2D eigenvalue weighted by atomic mass is 10.0. The first-order chi connectivity index (χ1) is 7.88. The number of carbonyl (C=O) groups is 1. The molecule has 1 aromatic rings. The number of phenolic OH excluding ortho intramolecular Hbond substituents is 2. The van der Waals surface area contributed by atoms with Crippen molar-refractivity contribution in [3.05, 3.63) is 23.3 Å². The third kappa shape index (κ3) is 2.87. The molecule has 0 radical (unpaired) electrons. The Labute approximate surface area is 105 Å². The molecule has 0 aliphatic heterocycles. The molecule has 0 saturated carbocycles. The fourth-order valence-electron chi connectivity index (χ4n) is 1.33. The van der Waals surface area contributed by atoms with Gasteiger partial charge in [0.15, 0.2) is 0 Å². The molecule has 2 atom stereocenters. The molecule has 5 N–H and O–H groups in total. The van der Waals surface area contributed by atoms with Crippen LogP contribution in [0.25, 0.3) is 0 Å². The van der Waals surface area contributed by atoms with Gasteiger partial charge in [0, 0.05) is 5.33 Å². The number of hydrogen-bond acceptors (Lipinski definition) is 5. The van der Waals surface area contributed by atoms with E-state index in [0.717, 1.165) is 12.1 Å². The van der Waals surface area contributed by atoms with Crippen LogP contribution in [0.3, 0.4) is 0 Å². The van der Waals surface area contributed by atoms with E-state index >= 15 is 0 Å². The second-order valence-corrected chi connectivity index (χ2v) is 4.05. The Morgan fingerprint density at radius 2 is 1.71 bits per heavy atom. The highest BCUT2D eigenvalue weighted by Gasteiger charge is 2.25. The number of carboxylic acids is 1. The Kier molecular flexibility index (Phi) is 4.33. The van der Waals surface area contributed by atoms with Crippen molar-refractivity contribution in [3.8, 4) is 11.5 Å². The molecule has 0 heterocycles. The van der Waals surface area contributed by atoms with Gasteiger partial charge in [-0.2, -0.15) is 0 Å². The van der Waals surface area contributed by atoms with Crippen LogP contribution in [0.5, 0.6) is 11.5 Å². The van der Waals surface area contributed by atoms with Crippen LogP contribution in [0.4, 0.5) is 0 Å². The lowest BCUT2D eigenvalue weighted by molar-refractivity contribution is 0.0312. The topological polar surface area (TPSA) is 118 Å². The molecule has 0 aliphatic carbocycles. The van der Waals surface area contributed by atoms with Gasteiger partial charge in [0.05, 0.1) is 17.2 Å². The van der Waals surface area contributed by atoms with Crippen LogP contribution in [0.15, 0.2) is 12.1 Å². The van der Waals surface area contributed by atoms with Crippen LogP contribution >= 0.6 is 15.9 Å². The van der Waals surface area contributed by atoms with Gasteiger partial charge in [0.25, 0.3) is 0 Å². The third-order valence-electron chi connectivity index (χ3n) is 2.20. The SMILES string of the molecule is O=C(O)c1cc(O)c(C(O)C(O)CBr)c(O)c1. The zero-order chi connectivity index (χ0) is 13.2. The van der Waals surface area contributed by atoms with Crippen molar-refractivity contribution >= 4 is 21.9 Å². The van der Waals surface area contributed by atoms with E-state index in [-0.39, 0.29) is 16.5 Å². The highest BCUT2D eigenvalue weighted by atomic mass is 79.9. The molecule has 2 unspecified atom stereocenters. The summed E-state index contributed by atoms with van der Waals surface area (Å²) in [5.41, 5.74) is -0.619. The molecule has 17 heavy (non-hydrogen) atoms. The molecule has 7 heteroatoms. The van der Waals surface area contributed by atoms with Crippen molar-refractivity contribution < 1.29 is 30.3 Å². The van der Waals surface area contributed by atoms with Crippen LogP contribution in [-0.2, 0) is 0 Å². The van der Waals surface area contributed by atoms with Crippen LogP contribution < -0.4 is 0 Å². The smallest absolute Gasteiger partial charge is 0.335 e. The van der Waals surface area contributed by atoms with Gasteiger partial charge in [0.2, 0.25) is 0 Å². The van der Waals surface area contributed by atoms with Gasteiger partial charge in [-0.3, -0.25) is 0 Å². The van der Waals surface area contributed by atoms with E-state index in [2.05, 4.69) is 15.9 Å². The molecule has 0 spiro atoms. The number of aliphatic hydroxyl groups is 2. The van der Waals surface area contributed by atoms with Crippen molar-refractivity contribution in [2.45, 2.75) is 12.2 Å². The van der Waals surface area contributed by atoms with Crippen LogP contribution in [0.2, 0.25) is 0 Å². The number of benzene rings is 1. The van der Waals surface area contributed by atoms with E-state index in [4.69, 9.17) is 5.11 Å². The van der Waals surface area contributed by atoms with Crippen molar-refractivity contribution in [1.82, 2.24) is 0 Å². The molecule has 0 amide bonds. The second-order valence-electron chi connectivity index (χ2n) is 3.40.